The summed E-state index contributed by atoms with van der Waals surface area (Å²) in [6.07, 6.45) is 1.31. The molecule has 17 heteroatoms. The predicted molar refractivity (Wildman–Crippen MR) is 299 cm³/mol. The van der Waals surface area contributed by atoms with Gasteiger partial charge in [0.05, 0.1) is 51.1 Å². The molecule has 3 aromatic carbocycles. The molecule has 0 radical (unpaired) electrons. The Bertz CT molecular complexity index is 2820. The highest BCUT2D eigenvalue weighted by molar-refractivity contribution is 7.13. The number of aryl methyl sites for hydroxylation is 3. The second-order valence-electron chi connectivity index (χ2n) is 21.1. The van der Waals surface area contributed by atoms with E-state index in [9.17, 15) is 29.1 Å². The molecule has 2 fully saturated rings. The molecular formula is C60H77N5O11S. The Hall–Kier alpha value is -6.21. The molecule has 1 aliphatic carbocycles. The van der Waals surface area contributed by atoms with Crippen LogP contribution >= 0.6 is 11.3 Å². The number of carbonyl (C=O) groups is 4. The quantitative estimate of drug-likeness (QED) is 0.0336. The SMILES string of the molecule is CCN(c1cc(C(=O)NCc2c(C)cc(C)[nH]c2=O)cc(-c2ccc(OCCOCCOCCOCC(=O)NC(C(=O)C3C[C@H](O)C[C@H]3C(=O)NCc3ccc(-c4sccc4C)cc3)C(C)(C)C)cc2)c1)C1CCOCC1. The van der Waals surface area contributed by atoms with Crippen LogP contribution in [-0.2, 0) is 46.4 Å². The summed E-state index contributed by atoms with van der Waals surface area (Å²) in [6.45, 7) is 17.4. The highest BCUT2D eigenvalue weighted by atomic mass is 32.1. The number of ether oxygens (including phenoxy) is 5. The zero-order valence-electron chi connectivity index (χ0n) is 45.7. The van der Waals surface area contributed by atoms with Gasteiger partial charge in [-0.2, -0.15) is 0 Å². The molecule has 3 heterocycles. The van der Waals surface area contributed by atoms with Crippen molar-refractivity contribution in [3.8, 4) is 27.3 Å². The molecule has 2 aromatic heterocycles. The highest BCUT2D eigenvalue weighted by Gasteiger charge is 2.46. The average Bonchev–Trinajstić information content (AvgIpc) is 4.04. The number of nitrogens with zero attached hydrogens (tertiary/aromatic N) is 1. The van der Waals surface area contributed by atoms with Crippen LogP contribution in [0.3, 0.4) is 0 Å². The summed E-state index contributed by atoms with van der Waals surface area (Å²) in [7, 11) is 0. The largest absolute Gasteiger partial charge is 0.491 e. The summed E-state index contributed by atoms with van der Waals surface area (Å²) in [4.78, 5) is 73.5. The van der Waals surface area contributed by atoms with E-state index in [0.29, 0.717) is 63.1 Å². The lowest BCUT2D eigenvalue weighted by Crippen LogP contribution is -2.53. The monoisotopic (exact) mass is 1080 g/mol. The fourth-order valence-corrected chi connectivity index (χ4v) is 11.1. The van der Waals surface area contributed by atoms with Crippen molar-refractivity contribution in [1.29, 1.82) is 0 Å². The minimum Gasteiger partial charge on any atom is -0.491 e. The van der Waals surface area contributed by atoms with Gasteiger partial charge in [-0.15, -0.1) is 11.3 Å². The molecule has 2 unspecified atom stereocenters. The molecule has 2 aliphatic rings. The van der Waals surface area contributed by atoms with Gasteiger partial charge in [0.1, 0.15) is 19.0 Å². The number of amides is 3. The lowest BCUT2D eigenvalue weighted by atomic mass is 9.77. The summed E-state index contributed by atoms with van der Waals surface area (Å²) in [5.74, 6) is -2.11. The molecule has 1 saturated carbocycles. The van der Waals surface area contributed by atoms with Crippen molar-refractivity contribution >= 4 is 40.5 Å². The standard InChI is InChI=1S/C60H77N5O11S/c1-8-65(46-17-20-72-21-18-46)47-31-44(30-45(32-47)57(69)62-36-52-39(3)29-40(4)63-59(52)71)42-13-15-49(16-14-42)76-27-26-74-23-22-73-24-25-75-37-53(67)64-56(60(5,6)7)54(68)50-33-48(66)34-51(50)58(70)61-35-41-9-11-43(12-10-41)55-38(2)19-28-77-55/h9-16,19,28-32,46,48,50-51,56,66H,8,17-18,20-27,33-37H2,1-7H3,(H,61,70)(H,62,69)(H,63,71)(H,64,67)/t48-,50?,51+,56?/m0/s1. The van der Waals surface area contributed by atoms with E-state index in [1.165, 1.54) is 10.4 Å². The number of aromatic amines is 1. The number of ketones is 1. The second kappa shape index (κ2) is 27.9. The van der Waals surface area contributed by atoms with E-state index in [0.717, 1.165) is 58.6 Å². The maximum absolute atomic E-state index is 14.1. The highest BCUT2D eigenvalue weighted by Crippen LogP contribution is 2.37. The van der Waals surface area contributed by atoms with Crippen molar-refractivity contribution in [3.05, 3.63) is 128 Å². The maximum Gasteiger partial charge on any atom is 0.253 e. The molecule has 3 amide bonds. The van der Waals surface area contributed by atoms with E-state index in [1.54, 1.807) is 11.3 Å². The molecule has 16 nitrogen and oxygen atoms in total. The number of nitrogens with one attached hydrogen (secondary N) is 4. The van der Waals surface area contributed by atoms with Gasteiger partial charge in [0.25, 0.3) is 11.5 Å². The normalized spacial score (nSPS) is 17.2. The molecule has 1 saturated heterocycles. The van der Waals surface area contributed by atoms with Crippen molar-refractivity contribution in [3.63, 3.8) is 0 Å². The first kappa shape index (κ1) is 58.5. The summed E-state index contributed by atoms with van der Waals surface area (Å²) < 4.78 is 28.6. The molecule has 7 rings (SSSR count). The maximum atomic E-state index is 14.1. The molecule has 414 valence electrons. The first-order valence-electron chi connectivity index (χ1n) is 26.8. The van der Waals surface area contributed by atoms with Crippen LogP contribution < -0.4 is 31.1 Å². The Kier molecular flexibility index (Phi) is 21.2. The third-order valence-electron chi connectivity index (χ3n) is 14.3. The Morgan fingerprint density at radius 1 is 0.779 bits per heavy atom. The third kappa shape index (κ3) is 16.4. The van der Waals surface area contributed by atoms with Crippen LogP contribution in [0.2, 0.25) is 0 Å². The van der Waals surface area contributed by atoms with Crippen molar-refractivity contribution in [2.24, 2.45) is 17.3 Å². The third-order valence-corrected chi connectivity index (χ3v) is 15.4. The summed E-state index contributed by atoms with van der Waals surface area (Å²) in [5.41, 5.74) is 7.74. The number of aromatic nitrogens is 1. The number of anilines is 1. The number of hydrogen-bond donors (Lipinski definition) is 5. The van der Waals surface area contributed by atoms with Gasteiger partial charge in [0, 0.05) is 72.2 Å². The van der Waals surface area contributed by atoms with E-state index in [-0.39, 0.29) is 68.4 Å². The summed E-state index contributed by atoms with van der Waals surface area (Å²) in [6, 6.07) is 25.0. The fourth-order valence-electron chi connectivity index (χ4n) is 10.2. The van der Waals surface area contributed by atoms with Crippen molar-refractivity contribution in [2.75, 3.05) is 70.9 Å². The molecule has 1 aliphatic heterocycles. The molecular weight excluding hydrogens is 999 g/mol. The van der Waals surface area contributed by atoms with E-state index in [2.05, 4.69) is 57.2 Å². The Morgan fingerprint density at radius 2 is 1.44 bits per heavy atom. The van der Waals surface area contributed by atoms with Gasteiger partial charge in [-0.25, -0.2) is 0 Å². The minimum atomic E-state index is -0.901. The average molecular weight is 1080 g/mol. The molecule has 0 spiro atoms. The van der Waals surface area contributed by atoms with Crippen LogP contribution in [0.25, 0.3) is 21.6 Å². The molecule has 5 N–H and O–H groups in total. The number of carbonyl (C=O) groups excluding carboxylic acids is 4. The Morgan fingerprint density at radius 3 is 2.09 bits per heavy atom. The molecule has 4 atom stereocenters. The Labute approximate surface area is 456 Å². The van der Waals surface area contributed by atoms with Crippen LogP contribution in [0, 0.1) is 38.0 Å². The van der Waals surface area contributed by atoms with Gasteiger partial charge in [-0.1, -0.05) is 57.2 Å². The van der Waals surface area contributed by atoms with Crippen LogP contribution in [-0.4, -0.2) is 118 Å². The van der Waals surface area contributed by atoms with Gasteiger partial charge < -0.3 is 54.6 Å². The number of H-pyrrole nitrogens is 1. The van der Waals surface area contributed by atoms with Gasteiger partial charge in [0.15, 0.2) is 5.78 Å². The minimum absolute atomic E-state index is 0.109. The first-order valence-corrected chi connectivity index (χ1v) is 27.7. The van der Waals surface area contributed by atoms with E-state index < -0.39 is 35.3 Å². The van der Waals surface area contributed by atoms with Crippen LogP contribution in [0.5, 0.6) is 5.75 Å². The van der Waals surface area contributed by atoms with Crippen molar-refractivity contribution < 1.29 is 48.0 Å². The van der Waals surface area contributed by atoms with Crippen molar-refractivity contribution in [2.45, 2.75) is 105 Å². The van der Waals surface area contributed by atoms with E-state index in [4.69, 9.17) is 23.7 Å². The fraction of sp³-hybridized carbons (Fsp3) is 0.483. The number of benzene rings is 3. The van der Waals surface area contributed by atoms with E-state index >= 15 is 0 Å². The number of pyridine rings is 1. The second-order valence-corrected chi connectivity index (χ2v) is 22.0. The molecule has 5 aromatic rings. The number of hydrogen-bond acceptors (Lipinski definition) is 13. The number of Topliss-reactive ketones (excluding diaryl/α,β-unsaturated/α-hetero) is 1. The van der Waals surface area contributed by atoms with Gasteiger partial charge in [-0.3, -0.25) is 24.0 Å². The van der Waals surface area contributed by atoms with Crippen LogP contribution in [0.1, 0.15) is 91.7 Å². The summed E-state index contributed by atoms with van der Waals surface area (Å²) >= 11 is 1.69. The number of thiophene rings is 1. The number of rotatable bonds is 26. The molecule has 77 heavy (non-hydrogen) atoms. The van der Waals surface area contributed by atoms with E-state index in [1.807, 2.05) is 101 Å². The lowest BCUT2D eigenvalue weighted by Gasteiger charge is -2.35. The van der Waals surface area contributed by atoms with Crippen LogP contribution in [0.4, 0.5) is 5.69 Å². The summed E-state index contributed by atoms with van der Waals surface area (Å²) in [5, 5.41) is 21.5. The van der Waals surface area contributed by atoms with Gasteiger partial charge in [0.2, 0.25) is 11.8 Å². The predicted octanol–water partition coefficient (Wildman–Crippen LogP) is 7.86. The van der Waals surface area contributed by atoms with Gasteiger partial charge >= 0.3 is 0 Å². The van der Waals surface area contributed by atoms with Crippen molar-refractivity contribution in [1.82, 2.24) is 20.9 Å². The van der Waals surface area contributed by atoms with Crippen LogP contribution in [0.15, 0.2) is 89.0 Å². The smallest absolute Gasteiger partial charge is 0.253 e. The Balaban J connectivity index is 0.806. The zero-order chi connectivity index (χ0) is 55.1. The molecule has 0 bridgehead atoms. The van der Waals surface area contributed by atoms with Gasteiger partial charge in [-0.05, 0) is 140 Å². The lowest BCUT2D eigenvalue weighted by molar-refractivity contribution is -0.138. The topological polar surface area (TPSA) is 207 Å². The first-order chi connectivity index (χ1) is 37.0. The zero-order valence-corrected chi connectivity index (χ0v) is 46.5. The number of aliphatic hydroxyl groups is 1. The number of aliphatic hydroxyl groups excluding tert-OH is 1.